The Kier molecular flexibility index (Phi) is 3.29. The smallest absolute Gasteiger partial charge is 0.187 e. The molecule has 0 N–H and O–H groups in total. The second-order valence-electron chi connectivity index (χ2n) is 2.83. The first-order valence-corrected chi connectivity index (χ1v) is 6.45. The Labute approximate surface area is 90.8 Å². The number of aromatic nitrogens is 2. The summed E-state index contributed by atoms with van der Waals surface area (Å²) in [5, 5.41) is 0.553. The number of anilines is 1. The van der Waals surface area contributed by atoms with E-state index in [0.717, 1.165) is 24.7 Å². The van der Waals surface area contributed by atoms with E-state index >= 15 is 0 Å². The van der Waals surface area contributed by atoms with Crippen LogP contribution >= 0.6 is 35.1 Å². The molecule has 0 saturated carbocycles. The number of thioether (sulfide) groups is 1. The lowest BCUT2D eigenvalue weighted by molar-refractivity contribution is 0.807. The summed E-state index contributed by atoms with van der Waals surface area (Å²) in [6, 6.07) is 0. The van der Waals surface area contributed by atoms with Gasteiger partial charge in [-0.25, -0.2) is 0 Å². The van der Waals surface area contributed by atoms with E-state index in [9.17, 15) is 0 Å². The van der Waals surface area contributed by atoms with E-state index in [4.69, 9.17) is 11.6 Å². The molecule has 0 spiro atoms. The normalized spacial score (nSPS) is 18.7. The van der Waals surface area contributed by atoms with Crippen LogP contribution in [-0.4, -0.2) is 33.3 Å². The summed E-state index contributed by atoms with van der Waals surface area (Å²) in [7, 11) is 0. The molecule has 0 aromatic carbocycles. The highest BCUT2D eigenvalue weighted by Gasteiger charge is 2.15. The Morgan fingerprint density at radius 3 is 2.92 bits per heavy atom. The van der Waals surface area contributed by atoms with Crippen LogP contribution in [0.1, 0.15) is 6.42 Å². The van der Waals surface area contributed by atoms with E-state index in [-0.39, 0.29) is 0 Å². The monoisotopic (exact) mass is 235 g/mol. The zero-order valence-electron chi connectivity index (χ0n) is 7.07. The van der Waals surface area contributed by atoms with Gasteiger partial charge in [-0.3, -0.25) is 0 Å². The summed E-state index contributed by atoms with van der Waals surface area (Å²) in [4.78, 5) is 2.23. The molecule has 0 aliphatic carbocycles. The molecule has 13 heavy (non-hydrogen) atoms. The predicted octanol–water partition coefficient (Wildman–Crippen LogP) is 2.13. The Hall–Kier alpha value is -0.000000000000000111. The molecule has 0 atom stereocenters. The summed E-state index contributed by atoms with van der Waals surface area (Å²) in [5.41, 5.74) is 0. The van der Waals surface area contributed by atoms with Crippen molar-refractivity contribution >= 4 is 40.9 Å². The highest BCUT2D eigenvalue weighted by atomic mass is 35.5. The van der Waals surface area contributed by atoms with Gasteiger partial charge in [-0.15, -0.1) is 0 Å². The number of nitrogens with zero attached hydrogens (tertiary/aromatic N) is 3. The largest absolute Gasteiger partial charge is 0.352 e. The lowest BCUT2D eigenvalue weighted by atomic mass is 10.4. The van der Waals surface area contributed by atoms with E-state index < -0.39 is 0 Å². The van der Waals surface area contributed by atoms with Crippen LogP contribution in [0.25, 0.3) is 0 Å². The van der Waals surface area contributed by atoms with E-state index in [0.29, 0.717) is 5.15 Å². The lowest BCUT2D eigenvalue weighted by Crippen LogP contribution is -2.25. The van der Waals surface area contributed by atoms with Crippen LogP contribution in [0.3, 0.4) is 0 Å². The summed E-state index contributed by atoms with van der Waals surface area (Å²) in [6.07, 6.45) is 1.21. The molecule has 0 unspecified atom stereocenters. The molecule has 1 saturated heterocycles. The van der Waals surface area contributed by atoms with Gasteiger partial charge in [0.1, 0.15) is 0 Å². The van der Waals surface area contributed by atoms with Gasteiger partial charge >= 0.3 is 0 Å². The Balaban J connectivity index is 2.10. The number of halogens is 1. The van der Waals surface area contributed by atoms with E-state index in [2.05, 4.69) is 13.6 Å². The van der Waals surface area contributed by atoms with Crippen LogP contribution in [0.4, 0.5) is 5.82 Å². The van der Waals surface area contributed by atoms with Gasteiger partial charge in [0.15, 0.2) is 11.0 Å². The molecule has 1 fully saturated rings. The number of rotatable bonds is 1. The highest BCUT2D eigenvalue weighted by molar-refractivity contribution is 7.99. The predicted molar refractivity (Wildman–Crippen MR) is 59.1 cm³/mol. The SMILES string of the molecule is Clc1nsnc1N1CCCSCC1. The molecule has 1 aliphatic heterocycles. The second-order valence-corrected chi connectivity index (χ2v) is 4.94. The zero-order chi connectivity index (χ0) is 9.10. The van der Waals surface area contributed by atoms with Crippen molar-refractivity contribution in [2.45, 2.75) is 6.42 Å². The summed E-state index contributed by atoms with van der Waals surface area (Å²) in [6.45, 7) is 2.09. The van der Waals surface area contributed by atoms with Gasteiger partial charge in [-0.1, -0.05) is 11.6 Å². The molecule has 1 aliphatic rings. The molecular weight excluding hydrogens is 226 g/mol. The summed E-state index contributed by atoms with van der Waals surface area (Å²) < 4.78 is 8.17. The summed E-state index contributed by atoms with van der Waals surface area (Å²) >= 11 is 9.09. The maximum absolute atomic E-state index is 5.91. The van der Waals surface area contributed by atoms with Crippen molar-refractivity contribution < 1.29 is 0 Å². The first kappa shape index (κ1) is 9.55. The van der Waals surface area contributed by atoms with Crippen molar-refractivity contribution in [3.8, 4) is 0 Å². The van der Waals surface area contributed by atoms with E-state index in [1.807, 2.05) is 11.8 Å². The van der Waals surface area contributed by atoms with Crippen molar-refractivity contribution in [3.05, 3.63) is 5.15 Å². The van der Waals surface area contributed by atoms with Crippen LogP contribution < -0.4 is 4.90 Å². The highest BCUT2D eigenvalue weighted by Crippen LogP contribution is 2.24. The second kappa shape index (κ2) is 4.48. The number of hydrogen-bond donors (Lipinski definition) is 0. The minimum Gasteiger partial charge on any atom is -0.352 e. The molecule has 2 rings (SSSR count). The van der Waals surface area contributed by atoms with Gasteiger partial charge in [0.05, 0.1) is 11.7 Å². The fraction of sp³-hybridized carbons (Fsp3) is 0.714. The van der Waals surface area contributed by atoms with Crippen molar-refractivity contribution in [3.63, 3.8) is 0 Å². The molecule has 6 heteroatoms. The van der Waals surface area contributed by atoms with Gasteiger partial charge in [0, 0.05) is 18.8 Å². The molecule has 1 aromatic heterocycles. The van der Waals surface area contributed by atoms with Crippen LogP contribution in [0.15, 0.2) is 0 Å². The topological polar surface area (TPSA) is 29.0 Å². The van der Waals surface area contributed by atoms with Crippen LogP contribution in [0.5, 0.6) is 0 Å². The van der Waals surface area contributed by atoms with E-state index in [1.165, 1.54) is 23.9 Å². The average Bonchev–Trinajstić information content (AvgIpc) is 2.43. The molecule has 0 amide bonds. The quantitative estimate of drug-likeness (QED) is 0.746. The van der Waals surface area contributed by atoms with Gasteiger partial charge in [0.25, 0.3) is 0 Å². The molecule has 0 bridgehead atoms. The lowest BCUT2D eigenvalue weighted by Gasteiger charge is -2.18. The van der Waals surface area contributed by atoms with Crippen molar-refractivity contribution in [2.24, 2.45) is 0 Å². The fourth-order valence-corrected chi connectivity index (χ4v) is 2.98. The molecule has 1 aromatic rings. The minimum atomic E-state index is 0.553. The van der Waals surface area contributed by atoms with E-state index in [1.54, 1.807) is 0 Å². The van der Waals surface area contributed by atoms with Gasteiger partial charge < -0.3 is 4.90 Å². The molecule has 0 radical (unpaired) electrons. The van der Waals surface area contributed by atoms with Gasteiger partial charge in [-0.2, -0.15) is 20.5 Å². The standard InChI is InChI=1S/C7H10ClN3S2/c8-6-7(10-13-9-6)11-2-1-4-12-5-3-11/h1-5H2. The Morgan fingerprint density at radius 2 is 2.15 bits per heavy atom. The summed E-state index contributed by atoms with van der Waals surface area (Å²) in [5.74, 6) is 3.27. The fourth-order valence-electron chi connectivity index (χ4n) is 1.32. The molecule has 3 nitrogen and oxygen atoms in total. The van der Waals surface area contributed by atoms with Crippen molar-refractivity contribution in [2.75, 3.05) is 29.5 Å². The van der Waals surface area contributed by atoms with Crippen LogP contribution in [0.2, 0.25) is 5.15 Å². The van der Waals surface area contributed by atoms with Crippen molar-refractivity contribution in [1.29, 1.82) is 0 Å². The number of hydrogen-bond acceptors (Lipinski definition) is 5. The average molecular weight is 236 g/mol. The Bertz CT molecular complexity index is 270. The third-order valence-electron chi connectivity index (χ3n) is 1.95. The van der Waals surface area contributed by atoms with Crippen LogP contribution in [0, 0.1) is 0 Å². The Morgan fingerprint density at radius 1 is 1.23 bits per heavy atom. The van der Waals surface area contributed by atoms with Crippen molar-refractivity contribution in [1.82, 2.24) is 8.75 Å². The maximum Gasteiger partial charge on any atom is 0.187 e. The third kappa shape index (κ3) is 2.27. The van der Waals surface area contributed by atoms with Gasteiger partial charge in [-0.05, 0) is 12.2 Å². The molecule has 72 valence electrons. The maximum atomic E-state index is 5.91. The molecular formula is C7H10ClN3S2. The third-order valence-corrected chi connectivity index (χ3v) is 3.88. The van der Waals surface area contributed by atoms with Gasteiger partial charge in [0.2, 0.25) is 0 Å². The zero-order valence-corrected chi connectivity index (χ0v) is 9.46. The minimum absolute atomic E-state index is 0.553. The van der Waals surface area contributed by atoms with Crippen LogP contribution in [-0.2, 0) is 0 Å². The molecule has 2 heterocycles. The first-order valence-electron chi connectivity index (χ1n) is 4.18. The first-order chi connectivity index (χ1) is 6.38.